The molecule has 3 heteroatoms. The van der Waals surface area contributed by atoms with E-state index >= 15 is 0 Å². The second-order valence-electron chi connectivity index (χ2n) is 7.32. The van der Waals surface area contributed by atoms with Crippen molar-refractivity contribution in [2.24, 2.45) is 11.3 Å². The SMILES string of the molecule is Cc1nc2cc(O[C@H]3CC[C@H](C(C)(C)C)CC3)ccc2s1. The molecule has 3 rings (SSSR count). The molecule has 1 aliphatic carbocycles. The highest BCUT2D eigenvalue weighted by Gasteiger charge is 2.30. The maximum atomic E-state index is 6.20. The summed E-state index contributed by atoms with van der Waals surface area (Å²) < 4.78 is 7.44. The van der Waals surface area contributed by atoms with Crippen LogP contribution in [-0.4, -0.2) is 11.1 Å². The lowest BCUT2D eigenvalue weighted by molar-refractivity contribution is 0.0883. The second kappa shape index (κ2) is 5.60. The third-order valence-electron chi connectivity index (χ3n) is 4.67. The van der Waals surface area contributed by atoms with Crippen LogP contribution < -0.4 is 4.74 Å². The third kappa shape index (κ3) is 3.39. The summed E-state index contributed by atoms with van der Waals surface area (Å²) in [5, 5.41) is 1.12. The lowest BCUT2D eigenvalue weighted by atomic mass is 9.72. The van der Waals surface area contributed by atoms with Gasteiger partial charge in [0.25, 0.3) is 0 Å². The molecular formula is C18H25NOS. The summed E-state index contributed by atoms with van der Waals surface area (Å²) >= 11 is 1.74. The lowest BCUT2D eigenvalue weighted by Gasteiger charge is -2.36. The average molecular weight is 303 g/mol. The molecule has 0 amide bonds. The summed E-state index contributed by atoms with van der Waals surface area (Å²) in [4.78, 5) is 4.55. The fourth-order valence-corrected chi connectivity index (χ4v) is 4.14. The van der Waals surface area contributed by atoms with E-state index in [1.165, 1.54) is 30.4 Å². The Hall–Kier alpha value is -1.09. The Balaban J connectivity index is 1.64. The first-order chi connectivity index (χ1) is 9.91. The molecule has 1 heterocycles. The van der Waals surface area contributed by atoms with Gasteiger partial charge in [0.1, 0.15) is 5.75 Å². The Kier molecular flexibility index (Phi) is 3.96. The minimum Gasteiger partial charge on any atom is -0.490 e. The molecule has 2 nitrogen and oxygen atoms in total. The summed E-state index contributed by atoms with van der Waals surface area (Å²) in [7, 11) is 0. The highest BCUT2D eigenvalue weighted by atomic mass is 32.1. The van der Waals surface area contributed by atoms with Gasteiger partial charge in [0.2, 0.25) is 0 Å². The van der Waals surface area contributed by atoms with Crippen LogP contribution in [0.5, 0.6) is 5.75 Å². The van der Waals surface area contributed by atoms with Gasteiger partial charge in [-0.3, -0.25) is 0 Å². The molecule has 1 aliphatic rings. The predicted octanol–water partition coefficient (Wildman–Crippen LogP) is 5.59. The zero-order chi connectivity index (χ0) is 15.0. The summed E-state index contributed by atoms with van der Waals surface area (Å²) in [5.74, 6) is 1.81. The quantitative estimate of drug-likeness (QED) is 0.721. The Bertz CT molecular complexity index is 618. The second-order valence-corrected chi connectivity index (χ2v) is 8.55. The zero-order valence-corrected chi connectivity index (χ0v) is 14.3. The number of aromatic nitrogens is 1. The van der Waals surface area contributed by atoms with Gasteiger partial charge in [-0.05, 0) is 56.1 Å². The number of ether oxygens (including phenoxy) is 1. The summed E-state index contributed by atoms with van der Waals surface area (Å²) in [6.07, 6.45) is 5.30. The zero-order valence-electron chi connectivity index (χ0n) is 13.5. The molecule has 0 spiro atoms. The minimum atomic E-state index is 0.376. The van der Waals surface area contributed by atoms with Crippen LogP contribution in [0.25, 0.3) is 10.2 Å². The van der Waals surface area contributed by atoms with Crippen molar-refractivity contribution >= 4 is 21.6 Å². The number of hydrogen-bond donors (Lipinski definition) is 0. The van der Waals surface area contributed by atoms with Gasteiger partial charge < -0.3 is 4.74 Å². The number of fused-ring (bicyclic) bond motifs is 1. The topological polar surface area (TPSA) is 22.1 Å². The average Bonchev–Trinajstić information content (AvgIpc) is 2.78. The molecule has 2 aromatic rings. The van der Waals surface area contributed by atoms with Crippen molar-refractivity contribution in [3.8, 4) is 5.75 Å². The van der Waals surface area contributed by atoms with Gasteiger partial charge in [-0.1, -0.05) is 20.8 Å². The van der Waals surface area contributed by atoms with E-state index in [-0.39, 0.29) is 0 Å². The molecule has 114 valence electrons. The summed E-state index contributed by atoms with van der Waals surface area (Å²) in [6, 6.07) is 6.32. The summed E-state index contributed by atoms with van der Waals surface area (Å²) in [6.45, 7) is 9.13. The molecule has 21 heavy (non-hydrogen) atoms. The fourth-order valence-electron chi connectivity index (χ4n) is 3.33. The van der Waals surface area contributed by atoms with Crippen LogP contribution in [0.15, 0.2) is 18.2 Å². The smallest absolute Gasteiger partial charge is 0.121 e. The molecular weight excluding hydrogens is 278 g/mol. The Morgan fingerprint density at radius 3 is 2.52 bits per heavy atom. The molecule has 1 fully saturated rings. The Morgan fingerprint density at radius 1 is 1.14 bits per heavy atom. The van der Waals surface area contributed by atoms with E-state index < -0.39 is 0 Å². The van der Waals surface area contributed by atoms with Gasteiger partial charge in [0.15, 0.2) is 0 Å². The van der Waals surface area contributed by atoms with Crippen molar-refractivity contribution in [1.29, 1.82) is 0 Å². The van der Waals surface area contributed by atoms with Crippen LogP contribution in [0.1, 0.15) is 51.5 Å². The fraction of sp³-hybridized carbons (Fsp3) is 0.611. The first-order valence-corrected chi connectivity index (χ1v) is 8.77. The number of thiazole rings is 1. The minimum absolute atomic E-state index is 0.376. The van der Waals surface area contributed by atoms with Crippen LogP contribution in [0.3, 0.4) is 0 Å². The van der Waals surface area contributed by atoms with Gasteiger partial charge >= 0.3 is 0 Å². The highest BCUT2D eigenvalue weighted by molar-refractivity contribution is 7.18. The van der Waals surface area contributed by atoms with Gasteiger partial charge in [-0.25, -0.2) is 4.98 Å². The van der Waals surface area contributed by atoms with Crippen molar-refractivity contribution in [2.45, 2.75) is 59.5 Å². The normalized spacial score (nSPS) is 23.4. The number of benzene rings is 1. The number of aryl methyl sites for hydroxylation is 1. The highest BCUT2D eigenvalue weighted by Crippen LogP contribution is 2.39. The van der Waals surface area contributed by atoms with Gasteiger partial charge in [-0.2, -0.15) is 0 Å². The molecule has 0 aliphatic heterocycles. The van der Waals surface area contributed by atoms with Crippen molar-refractivity contribution < 1.29 is 4.74 Å². The Morgan fingerprint density at radius 2 is 1.86 bits per heavy atom. The largest absolute Gasteiger partial charge is 0.490 e. The number of hydrogen-bond acceptors (Lipinski definition) is 3. The van der Waals surface area contributed by atoms with Crippen LogP contribution in [-0.2, 0) is 0 Å². The van der Waals surface area contributed by atoms with Gasteiger partial charge in [0.05, 0.1) is 21.3 Å². The Labute approximate surface area is 131 Å². The standard InChI is InChI=1S/C18H25NOS/c1-12-19-16-11-15(9-10-17(16)21-12)20-14-7-5-13(6-8-14)18(2,3)4/h9-11,13-14H,5-8H2,1-4H3/t13-,14-. The van der Waals surface area contributed by atoms with E-state index in [2.05, 4.69) is 50.9 Å². The van der Waals surface area contributed by atoms with Crippen LogP contribution in [0.4, 0.5) is 0 Å². The maximum absolute atomic E-state index is 6.20. The molecule has 1 aromatic heterocycles. The van der Waals surface area contributed by atoms with E-state index in [0.29, 0.717) is 11.5 Å². The summed E-state index contributed by atoms with van der Waals surface area (Å²) in [5.41, 5.74) is 1.50. The van der Waals surface area contributed by atoms with Crippen molar-refractivity contribution in [1.82, 2.24) is 4.98 Å². The molecule has 0 unspecified atom stereocenters. The molecule has 1 saturated carbocycles. The van der Waals surface area contributed by atoms with E-state index in [1.54, 1.807) is 11.3 Å². The van der Waals surface area contributed by atoms with Gasteiger partial charge in [-0.15, -0.1) is 11.3 Å². The van der Waals surface area contributed by atoms with Crippen LogP contribution >= 0.6 is 11.3 Å². The van der Waals surface area contributed by atoms with E-state index in [9.17, 15) is 0 Å². The van der Waals surface area contributed by atoms with Gasteiger partial charge in [0, 0.05) is 6.07 Å². The molecule has 0 saturated heterocycles. The molecule has 0 atom stereocenters. The molecule has 0 N–H and O–H groups in total. The van der Waals surface area contributed by atoms with Crippen LogP contribution in [0.2, 0.25) is 0 Å². The first kappa shape index (κ1) is 14.8. The predicted molar refractivity (Wildman–Crippen MR) is 90.2 cm³/mol. The van der Waals surface area contributed by atoms with Crippen molar-refractivity contribution in [3.63, 3.8) is 0 Å². The maximum Gasteiger partial charge on any atom is 0.121 e. The van der Waals surface area contributed by atoms with E-state index in [4.69, 9.17) is 4.74 Å². The van der Waals surface area contributed by atoms with Crippen molar-refractivity contribution in [2.75, 3.05) is 0 Å². The molecule has 0 bridgehead atoms. The number of rotatable bonds is 2. The van der Waals surface area contributed by atoms with Crippen LogP contribution in [0, 0.1) is 18.3 Å². The lowest BCUT2D eigenvalue weighted by Crippen LogP contribution is -2.30. The first-order valence-electron chi connectivity index (χ1n) is 7.95. The van der Waals surface area contributed by atoms with E-state index in [0.717, 1.165) is 22.2 Å². The monoisotopic (exact) mass is 303 g/mol. The number of nitrogens with zero attached hydrogens (tertiary/aromatic N) is 1. The molecule has 0 radical (unpaired) electrons. The van der Waals surface area contributed by atoms with Crippen molar-refractivity contribution in [3.05, 3.63) is 23.2 Å². The third-order valence-corrected chi connectivity index (χ3v) is 5.62. The van der Waals surface area contributed by atoms with E-state index in [1.807, 2.05) is 0 Å². The molecule has 1 aromatic carbocycles.